The first-order valence-electron chi connectivity index (χ1n) is 7.33. The van der Waals surface area contributed by atoms with E-state index in [4.69, 9.17) is 0 Å². The maximum Gasteiger partial charge on any atom is 0.0624 e. The SMILES string of the molecule is CCc1cc(CC)n(CC(C)CNCC(C)C)n1. The lowest BCUT2D eigenvalue weighted by Crippen LogP contribution is -2.28. The van der Waals surface area contributed by atoms with E-state index in [-0.39, 0.29) is 0 Å². The highest BCUT2D eigenvalue weighted by Crippen LogP contribution is 2.09. The standard InChI is InChI=1S/C15H29N3/c1-6-14-8-15(7-2)18(17-14)11-13(5)10-16-9-12(3)4/h8,12-13,16H,6-7,9-11H2,1-5H3. The molecule has 1 atom stereocenters. The largest absolute Gasteiger partial charge is 0.316 e. The maximum absolute atomic E-state index is 4.67. The molecule has 0 saturated carbocycles. The van der Waals surface area contributed by atoms with E-state index >= 15 is 0 Å². The highest BCUT2D eigenvalue weighted by molar-refractivity contribution is 5.10. The summed E-state index contributed by atoms with van der Waals surface area (Å²) in [5, 5.41) is 8.19. The van der Waals surface area contributed by atoms with Gasteiger partial charge in [0.05, 0.1) is 5.69 Å². The van der Waals surface area contributed by atoms with E-state index < -0.39 is 0 Å². The zero-order valence-electron chi connectivity index (χ0n) is 12.7. The van der Waals surface area contributed by atoms with Gasteiger partial charge in [0.15, 0.2) is 0 Å². The number of aryl methyl sites for hydroxylation is 2. The van der Waals surface area contributed by atoms with E-state index in [2.05, 4.69) is 55.8 Å². The molecule has 0 aromatic carbocycles. The third kappa shape index (κ3) is 4.81. The van der Waals surface area contributed by atoms with Gasteiger partial charge in [-0.3, -0.25) is 4.68 Å². The molecule has 0 spiro atoms. The second-order valence-electron chi connectivity index (χ2n) is 5.67. The normalized spacial score (nSPS) is 13.2. The highest BCUT2D eigenvalue weighted by Gasteiger charge is 2.09. The van der Waals surface area contributed by atoms with Crippen LogP contribution in [0.3, 0.4) is 0 Å². The summed E-state index contributed by atoms with van der Waals surface area (Å²) in [5.74, 6) is 1.35. The molecule has 1 heterocycles. The van der Waals surface area contributed by atoms with Crippen LogP contribution in [0.1, 0.15) is 46.0 Å². The van der Waals surface area contributed by atoms with Crippen LogP contribution in [0.25, 0.3) is 0 Å². The molecule has 18 heavy (non-hydrogen) atoms. The fourth-order valence-electron chi connectivity index (χ4n) is 2.11. The molecule has 1 rings (SSSR count). The molecule has 0 fully saturated rings. The van der Waals surface area contributed by atoms with Crippen LogP contribution in [-0.4, -0.2) is 22.9 Å². The minimum absolute atomic E-state index is 0.624. The zero-order chi connectivity index (χ0) is 13.5. The van der Waals surface area contributed by atoms with Gasteiger partial charge in [0, 0.05) is 12.2 Å². The van der Waals surface area contributed by atoms with Crippen molar-refractivity contribution in [3.63, 3.8) is 0 Å². The summed E-state index contributed by atoms with van der Waals surface area (Å²) in [4.78, 5) is 0. The Morgan fingerprint density at radius 2 is 1.89 bits per heavy atom. The second-order valence-corrected chi connectivity index (χ2v) is 5.67. The maximum atomic E-state index is 4.67. The van der Waals surface area contributed by atoms with E-state index in [1.165, 1.54) is 11.4 Å². The molecule has 0 aliphatic heterocycles. The lowest BCUT2D eigenvalue weighted by molar-refractivity contribution is 0.401. The van der Waals surface area contributed by atoms with Gasteiger partial charge in [0.25, 0.3) is 0 Å². The third-order valence-electron chi connectivity index (χ3n) is 3.17. The van der Waals surface area contributed by atoms with Gasteiger partial charge in [-0.25, -0.2) is 0 Å². The van der Waals surface area contributed by atoms with Crippen molar-refractivity contribution in [3.05, 3.63) is 17.5 Å². The summed E-state index contributed by atoms with van der Waals surface area (Å²) in [7, 11) is 0. The summed E-state index contributed by atoms with van der Waals surface area (Å²) in [6.45, 7) is 14.3. The number of nitrogens with one attached hydrogen (secondary N) is 1. The van der Waals surface area contributed by atoms with Crippen LogP contribution in [0.5, 0.6) is 0 Å². The Labute approximate surface area is 112 Å². The van der Waals surface area contributed by atoms with Gasteiger partial charge in [0.1, 0.15) is 0 Å². The fourth-order valence-corrected chi connectivity index (χ4v) is 2.11. The summed E-state index contributed by atoms with van der Waals surface area (Å²) < 4.78 is 2.19. The van der Waals surface area contributed by atoms with E-state index in [0.29, 0.717) is 5.92 Å². The molecule has 1 aromatic heterocycles. The number of hydrogen-bond acceptors (Lipinski definition) is 2. The van der Waals surface area contributed by atoms with Gasteiger partial charge in [-0.1, -0.05) is 34.6 Å². The molecule has 0 aliphatic rings. The van der Waals surface area contributed by atoms with Crippen molar-refractivity contribution in [2.45, 2.75) is 54.0 Å². The van der Waals surface area contributed by atoms with Gasteiger partial charge in [-0.15, -0.1) is 0 Å². The van der Waals surface area contributed by atoms with Crippen molar-refractivity contribution in [2.75, 3.05) is 13.1 Å². The van der Waals surface area contributed by atoms with Crippen molar-refractivity contribution in [1.29, 1.82) is 0 Å². The average Bonchev–Trinajstić information content (AvgIpc) is 2.70. The summed E-state index contributed by atoms with van der Waals surface area (Å²) >= 11 is 0. The van der Waals surface area contributed by atoms with E-state index in [1.54, 1.807) is 0 Å². The molecule has 1 unspecified atom stereocenters. The number of rotatable bonds is 8. The van der Waals surface area contributed by atoms with Crippen molar-refractivity contribution >= 4 is 0 Å². The van der Waals surface area contributed by atoms with Crippen LogP contribution in [0.4, 0.5) is 0 Å². The highest BCUT2D eigenvalue weighted by atomic mass is 15.3. The molecule has 104 valence electrons. The Kier molecular flexibility index (Phi) is 6.41. The van der Waals surface area contributed by atoms with Crippen molar-refractivity contribution in [3.8, 4) is 0 Å². The Balaban J connectivity index is 2.47. The fraction of sp³-hybridized carbons (Fsp3) is 0.800. The van der Waals surface area contributed by atoms with Crippen molar-refractivity contribution < 1.29 is 0 Å². The van der Waals surface area contributed by atoms with Crippen LogP contribution in [0.2, 0.25) is 0 Å². The minimum Gasteiger partial charge on any atom is -0.316 e. The van der Waals surface area contributed by atoms with Crippen LogP contribution >= 0.6 is 0 Å². The van der Waals surface area contributed by atoms with Crippen molar-refractivity contribution in [1.82, 2.24) is 15.1 Å². The Morgan fingerprint density at radius 1 is 1.17 bits per heavy atom. The summed E-state index contributed by atoms with van der Waals surface area (Å²) in [5.41, 5.74) is 2.58. The van der Waals surface area contributed by atoms with E-state index in [1.807, 2.05) is 0 Å². The number of nitrogens with zero attached hydrogens (tertiary/aromatic N) is 2. The smallest absolute Gasteiger partial charge is 0.0624 e. The van der Waals surface area contributed by atoms with Gasteiger partial charge in [-0.2, -0.15) is 5.10 Å². The van der Waals surface area contributed by atoms with E-state index in [0.717, 1.165) is 38.4 Å². The van der Waals surface area contributed by atoms with Crippen LogP contribution in [0.15, 0.2) is 6.07 Å². The lowest BCUT2D eigenvalue weighted by atomic mass is 10.1. The molecule has 0 amide bonds. The predicted octanol–water partition coefficient (Wildman–Crippen LogP) is 2.89. The zero-order valence-corrected chi connectivity index (χ0v) is 12.7. The van der Waals surface area contributed by atoms with Gasteiger partial charge in [-0.05, 0) is 43.8 Å². The van der Waals surface area contributed by atoms with Crippen molar-refractivity contribution in [2.24, 2.45) is 11.8 Å². The average molecular weight is 251 g/mol. The first-order chi connectivity index (χ1) is 8.56. The van der Waals surface area contributed by atoms with Gasteiger partial charge in [0.2, 0.25) is 0 Å². The Morgan fingerprint density at radius 3 is 2.44 bits per heavy atom. The molecule has 0 bridgehead atoms. The predicted molar refractivity (Wildman–Crippen MR) is 77.9 cm³/mol. The summed E-state index contributed by atoms with van der Waals surface area (Å²) in [6, 6.07) is 2.24. The minimum atomic E-state index is 0.624. The number of hydrogen-bond donors (Lipinski definition) is 1. The topological polar surface area (TPSA) is 29.9 Å². The molecule has 0 aliphatic carbocycles. The van der Waals surface area contributed by atoms with Crippen LogP contribution < -0.4 is 5.32 Å². The third-order valence-corrected chi connectivity index (χ3v) is 3.17. The number of aromatic nitrogens is 2. The molecule has 3 nitrogen and oxygen atoms in total. The van der Waals surface area contributed by atoms with E-state index in [9.17, 15) is 0 Å². The molecule has 1 aromatic rings. The molecular weight excluding hydrogens is 222 g/mol. The van der Waals surface area contributed by atoms with Gasteiger partial charge >= 0.3 is 0 Å². The quantitative estimate of drug-likeness (QED) is 0.770. The van der Waals surface area contributed by atoms with Crippen LogP contribution in [-0.2, 0) is 19.4 Å². The molecule has 0 radical (unpaired) electrons. The molecular formula is C15H29N3. The Bertz CT molecular complexity index is 342. The van der Waals surface area contributed by atoms with Crippen LogP contribution in [0, 0.1) is 11.8 Å². The summed E-state index contributed by atoms with van der Waals surface area (Å²) in [6.07, 6.45) is 2.10. The second kappa shape index (κ2) is 7.57. The molecule has 3 heteroatoms. The molecule has 1 N–H and O–H groups in total. The monoisotopic (exact) mass is 251 g/mol. The first-order valence-corrected chi connectivity index (χ1v) is 7.33. The lowest BCUT2D eigenvalue weighted by Gasteiger charge is -2.15. The molecule has 0 saturated heterocycles. The Hall–Kier alpha value is -0.830. The van der Waals surface area contributed by atoms with Gasteiger partial charge < -0.3 is 5.32 Å². The first kappa shape index (κ1) is 15.2.